The Bertz CT molecular complexity index is 1870. The van der Waals surface area contributed by atoms with Gasteiger partial charge in [0.25, 0.3) is 0 Å². The van der Waals surface area contributed by atoms with E-state index in [0.717, 1.165) is 135 Å². The number of aliphatic hydroxyl groups is 5. The lowest BCUT2D eigenvalue weighted by Crippen LogP contribution is -2.61. The van der Waals surface area contributed by atoms with Crippen LogP contribution in [0.25, 0.3) is 0 Å². The molecule has 11 heteroatoms. The summed E-state index contributed by atoms with van der Waals surface area (Å²) in [7, 11) is 0. The molecule has 458 valence electrons. The van der Waals surface area contributed by atoms with Crippen molar-refractivity contribution in [1.29, 1.82) is 0 Å². The van der Waals surface area contributed by atoms with E-state index < -0.39 is 67.4 Å². The van der Waals surface area contributed by atoms with Gasteiger partial charge in [-0.15, -0.1) is 0 Å². The minimum absolute atomic E-state index is 0.0570. The molecule has 8 atom stereocenters. The van der Waals surface area contributed by atoms with Crippen LogP contribution in [0.2, 0.25) is 0 Å². The van der Waals surface area contributed by atoms with Gasteiger partial charge >= 0.3 is 5.97 Å². The van der Waals surface area contributed by atoms with E-state index in [0.29, 0.717) is 12.8 Å². The van der Waals surface area contributed by atoms with Crippen molar-refractivity contribution in [1.82, 2.24) is 5.32 Å². The van der Waals surface area contributed by atoms with Gasteiger partial charge in [0, 0.05) is 6.42 Å². The molecule has 1 saturated heterocycles. The van der Waals surface area contributed by atoms with Crippen LogP contribution in [0.1, 0.15) is 220 Å². The zero-order valence-corrected chi connectivity index (χ0v) is 50.6. The number of aliphatic hydroxyl groups excluding tert-OH is 5. The third-order valence-electron chi connectivity index (χ3n) is 13.7. The maximum absolute atomic E-state index is 13.4. The molecule has 1 amide bonds. The molecule has 1 aliphatic rings. The molecule has 1 aliphatic heterocycles. The average molecular weight is 1130 g/mol. The Kier molecular flexibility index (Phi) is 51.6. The summed E-state index contributed by atoms with van der Waals surface area (Å²) < 4.78 is 17.6. The Morgan fingerprint density at radius 2 is 0.889 bits per heavy atom. The lowest BCUT2D eigenvalue weighted by Gasteiger charge is -2.41. The first-order valence-corrected chi connectivity index (χ1v) is 31.6. The summed E-state index contributed by atoms with van der Waals surface area (Å²) in [4.78, 5) is 26.6. The average Bonchev–Trinajstić information content (AvgIpc) is 3.50. The Hall–Kier alpha value is -4.46. The van der Waals surface area contributed by atoms with Crippen molar-refractivity contribution in [3.05, 3.63) is 146 Å². The minimum Gasteiger partial charge on any atom is -0.454 e. The van der Waals surface area contributed by atoms with Crippen molar-refractivity contribution in [2.24, 2.45) is 0 Å². The molecular weight excluding hydrogens is 1010 g/mol. The number of nitrogens with one attached hydrogen (secondary N) is 1. The van der Waals surface area contributed by atoms with Crippen LogP contribution < -0.4 is 5.32 Å². The second kappa shape index (κ2) is 56.0. The molecule has 1 rings (SSSR count). The summed E-state index contributed by atoms with van der Waals surface area (Å²) in [6.07, 6.45) is 70.2. The summed E-state index contributed by atoms with van der Waals surface area (Å²) >= 11 is 0. The summed E-state index contributed by atoms with van der Waals surface area (Å²) in [5, 5.41) is 57.0. The van der Waals surface area contributed by atoms with Crippen molar-refractivity contribution in [2.45, 2.75) is 269 Å². The highest BCUT2D eigenvalue weighted by Gasteiger charge is 2.47. The van der Waals surface area contributed by atoms with Crippen LogP contribution in [0.4, 0.5) is 0 Å². The Morgan fingerprint density at radius 1 is 0.494 bits per heavy atom. The molecule has 0 aliphatic carbocycles. The standard InChI is InChI=1S/C70H113NO10/c1-4-7-10-13-16-19-22-24-26-28-30-32-34-36-38-40-43-46-49-52-55-58-65(75)81-68-67(77)66(76)64(59-72)80-70(68)79-60-61(62(73)56-53-50-47-44-41-21-18-15-12-9-6-3)71-69(78)63(74)57-54-51-48-45-42-39-37-35-33-31-29-27-25-23-20-17-14-11-8-5-2/h7-8,10-11,16-17,19-20,24-27,30-33,36-39,43,46,53,56,61-64,66-68,70,72-74,76-77H,4-6,9,12-15,18,21-23,28-29,34-35,40-42,44-45,47-52,54-55,57-60H2,1-3H3,(H,71,78)/b10-7-,11-8-,19-16-,20-17-,26-24-,27-25-,32-30-,33-31-,38-36-,39-37-,46-43-,56-53+. The number of hydrogen-bond donors (Lipinski definition) is 6. The maximum atomic E-state index is 13.4. The monoisotopic (exact) mass is 1130 g/mol. The van der Waals surface area contributed by atoms with Crippen LogP contribution in [0.3, 0.4) is 0 Å². The fourth-order valence-electron chi connectivity index (χ4n) is 8.80. The molecule has 0 spiro atoms. The largest absolute Gasteiger partial charge is 0.454 e. The van der Waals surface area contributed by atoms with Crippen molar-refractivity contribution in [3.63, 3.8) is 0 Å². The molecule has 81 heavy (non-hydrogen) atoms. The normalized spacial score (nSPS) is 19.7. The first-order chi connectivity index (χ1) is 39.7. The Labute approximate surface area is 492 Å². The number of hydrogen-bond acceptors (Lipinski definition) is 10. The number of amides is 1. The topological polar surface area (TPSA) is 175 Å². The first kappa shape index (κ1) is 74.6. The molecule has 1 fully saturated rings. The highest BCUT2D eigenvalue weighted by Crippen LogP contribution is 2.26. The van der Waals surface area contributed by atoms with Gasteiger partial charge in [0.05, 0.1) is 25.4 Å². The van der Waals surface area contributed by atoms with Crippen LogP contribution in [0, 0.1) is 0 Å². The van der Waals surface area contributed by atoms with Crippen LogP contribution in [0.15, 0.2) is 146 Å². The number of esters is 1. The molecule has 0 radical (unpaired) electrons. The third kappa shape index (κ3) is 43.8. The maximum Gasteiger partial charge on any atom is 0.306 e. The van der Waals surface area contributed by atoms with Crippen molar-refractivity contribution >= 4 is 11.9 Å². The van der Waals surface area contributed by atoms with Crippen molar-refractivity contribution in [3.8, 4) is 0 Å². The van der Waals surface area contributed by atoms with E-state index in [-0.39, 0.29) is 19.4 Å². The summed E-state index contributed by atoms with van der Waals surface area (Å²) in [5.41, 5.74) is 0. The van der Waals surface area contributed by atoms with E-state index in [1.54, 1.807) is 6.08 Å². The van der Waals surface area contributed by atoms with Gasteiger partial charge in [-0.25, -0.2) is 0 Å². The van der Waals surface area contributed by atoms with Crippen LogP contribution in [0.5, 0.6) is 0 Å². The van der Waals surface area contributed by atoms with Gasteiger partial charge in [-0.05, 0) is 122 Å². The summed E-state index contributed by atoms with van der Waals surface area (Å²) in [6.45, 7) is 5.50. The fraction of sp³-hybridized carbons (Fsp3) is 0.629. The number of carbonyl (C=O) groups excluding carboxylic acids is 2. The second-order valence-electron chi connectivity index (χ2n) is 21.0. The SMILES string of the molecule is CC/C=C\C/C=C\C/C=C\C/C=C\C/C=C\C/C=C\CCCCC(=O)OC1C(OCC(NC(=O)C(O)CCCCCC/C=C\C/C=C\C/C=C\C/C=C\C/C=C\CC)C(O)/C=C/CCCCCCCCCCC)OC(CO)C(O)C1O. The van der Waals surface area contributed by atoms with E-state index in [4.69, 9.17) is 14.2 Å². The van der Waals surface area contributed by atoms with Crippen LogP contribution in [-0.4, -0.2) is 99.6 Å². The Balaban J connectivity index is 2.71. The molecular formula is C70H113NO10. The summed E-state index contributed by atoms with van der Waals surface area (Å²) in [5.74, 6) is -1.27. The Morgan fingerprint density at radius 3 is 1.33 bits per heavy atom. The zero-order chi connectivity index (χ0) is 58.9. The lowest BCUT2D eigenvalue weighted by molar-refractivity contribution is -0.305. The number of unbranched alkanes of at least 4 members (excludes halogenated alkanes) is 15. The first-order valence-electron chi connectivity index (χ1n) is 31.6. The number of carbonyl (C=O) groups is 2. The van der Waals surface area contributed by atoms with Gasteiger partial charge in [-0.2, -0.15) is 0 Å². The highest BCUT2D eigenvalue weighted by molar-refractivity contribution is 5.80. The van der Waals surface area contributed by atoms with E-state index in [9.17, 15) is 35.1 Å². The number of ether oxygens (including phenoxy) is 3. The van der Waals surface area contributed by atoms with Gasteiger partial charge in [0.15, 0.2) is 12.4 Å². The zero-order valence-electron chi connectivity index (χ0n) is 50.6. The molecule has 11 nitrogen and oxygen atoms in total. The van der Waals surface area contributed by atoms with E-state index >= 15 is 0 Å². The molecule has 0 aromatic heterocycles. The van der Waals surface area contributed by atoms with E-state index in [1.807, 2.05) is 6.08 Å². The van der Waals surface area contributed by atoms with Gasteiger partial charge in [-0.3, -0.25) is 9.59 Å². The quantitative estimate of drug-likeness (QED) is 0.0195. The van der Waals surface area contributed by atoms with Gasteiger partial charge < -0.3 is 45.1 Å². The van der Waals surface area contributed by atoms with Crippen LogP contribution >= 0.6 is 0 Å². The molecule has 0 aromatic rings. The molecule has 0 bridgehead atoms. The van der Waals surface area contributed by atoms with Gasteiger partial charge in [0.2, 0.25) is 5.91 Å². The highest BCUT2D eigenvalue weighted by atomic mass is 16.7. The molecule has 0 aromatic carbocycles. The van der Waals surface area contributed by atoms with E-state index in [1.165, 1.54) is 38.5 Å². The van der Waals surface area contributed by atoms with Gasteiger partial charge in [0.1, 0.15) is 24.4 Å². The minimum atomic E-state index is -1.65. The lowest BCUT2D eigenvalue weighted by atomic mass is 9.99. The third-order valence-corrected chi connectivity index (χ3v) is 13.7. The fourth-order valence-corrected chi connectivity index (χ4v) is 8.80. The summed E-state index contributed by atoms with van der Waals surface area (Å²) in [6, 6.07) is -1.06. The molecule has 1 heterocycles. The molecule has 0 saturated carbocycles. The second-order valence-corrected chi connectivity index (χ2v) is 21.0. The number of allylic oxidation sites excluding steroid dienone is 23. The van der Waals surface area contributed by atoms with E-state index in [2.05, 4.69) is 160 Å². The predicted octanol–water partition coefficient (Wildman–Crippen LogP) is 15.4. The van der Waals surface area contributed by atoms with Gasteiger partial charge in [-0.1, -0.05) is 237 Å². The predicted molar refractivity (Wildman–Crippen MR) is 337 cm³/mol. The molecule has 6 N–H and O–H groups in total. The van der Waals surface area contributed by atoms with Crippen molar-refractivity contribution in [2.75, 3.05) is 13.2 Å². The molecule has 8 unspecified atom stereocenters. The smallest absolute Gasteiger partial charge is 0.306 e. The van der Waals surface area contributed by atoms with Crippen molar-refractivity contribution < 1.29 is 49.3 Å². The number of rotatable bonds is 51. The van der Waals surface area contributed by atoms with Crippen LogP contribution in [-0.2, 0) is 23.8 Å².